The van der Waals surface area contributed by atoms with Crippen LogP contribution in [0.4, 0.5) is 0 Å². The molecular weight excluding hydrogens is 923 g/mol. The first kappa shape index (κ1) is 73.1. The van der Waals surface area contributed by atoms with Crippen molar-refractivity contribution >= 4 is 11.9 Å². The third-order valence-electron chi connectivity index (χ3n) is 15.7. The van der Waals surface area contributed by atoms with E-state index in [0.29, 0.717) is 19.4 Å². The fourth-order valence-corrected chi connectivity index (χ4v) is 10.5. The van der Waals surface area contributed by atoms with E-state index in [4.69, 9.17) is 4.74 Å². The van der Waals surface area contributed by atoms with Crippen LogP contribution in [-0.2, 0) is 14.3 Å². The molecule has 0 spiro atoms. The van der Waals surface area contributed by atoms with Gasteiger partial charge in [0.2, 0.25) is 5.91 Å². The fourth-order valence-electron chi connectivity index (χ4n) is 10.5. The highest BCUT2D eigenvalue weighted by Crippen LogP contribution is 2.18. The second-order valence-corrected chi connectivity index (χ2v) is 23.2. The number of hydrogen-bond donors (Lipinski definition) is 3. The summed E-state index contributed by atoms with van der Waals surface area (Å²) in [4.78, 5) is 24.5. The average molecular weight is 1050 g/mol. The highest BCUT2D eigenvalue weighted by Gasteiger charge is 2.18. The van der Waals surface area contributed by atoms with Crippen molar-refractivity contribution < 1.29 is 24.5 Å². The molecule has 0 aliphatic rings. The van der Waals surface area contributed by atoms with Gasteiger partial charge in [0.1, 0.15) is 0 Å². The second-order valence-electron chi connectivity index (χ2n) is 23.2. The number of ether oxygens (including phenoxy) is 1. The lowest BCUT2D eigenvalue weighted by Crippen LogP contribution is -2.45. The molecule has 0 bridgehead atoms. The van der Waals surface area contributed by atoms with Gasteiger partial charge in [-0.25, -0.2) is 0 Å². The number of nitrogens with one attached hydrogen (secondary N) is 1. The van der Waals surface area contributed by atoms with E-state index in [1.54, 1.807) is 6.08 Å². The molecule has 0 saturated heterocycles. The van der Waals surface area contributed by atoms with Crippen molar-refractivity contribution in [3.63, 3.8) is 0 Å². The third-order valence-corrected chi connectivity index (χ3v) is 15.7. The minimum Gasteiger partial charge on any atom is -0.466 e. The lowest BCUT2D eigenvalue weighted by Gasteiger charge is -2.20. The van der Waals surface area contributed by atoms with E-state index >= 15 is 0 Å². The number of carbonyl (C=O) groups excluding carboxylic acids is 2. The Morgan fingerprint density at radius 2 is 0.667 bits per heavy atom. The van der Waals surface area contributed by atoms with Crippen LogP contribution < -0.4 is 5.32 Å². The van der Waals surface area contributed by atoms with Gasteiger partial charge in [-0.1, -0.05) is 326 Å². The van der Waals surface area contributed by atoms with Crippen molar-refractivity contribution in [2.24, 2.45) is 0 Å². The number of allylic oxidation sites excluding steroid dienone is 5. The van der Waals surface area contributed by atoms with E-state index in [-0.39, 0.29) is 18.5 Å². The van der Waals surface area contributed by atoms with E-state index < -0.39 is 12.1 Å². The summed E-state index contributed by atoms with van der Waals surface area (Å²) in [6, 6.07) is -0.623. The molecule has 2 atom stereocenters. The van der Waals surface area contributed by atoms with Gasteiger partial charge in [0.05, 0.1) is 25.4 Å². The monoisotopic (exact) mass is 1050 g/mol. The number of aliphatic hydroxyl groups is 2. The molecule has 442 valence electrons. The number of amides is 1. The molecule has 0 aliphatic carbocycles. The fraction of sp³-hybridized carbons (Fsp3) is 0.884. The summed E-state index contributed by atoms with van der Waals surface area (Å²) in [5.41, 5.74) is 0. The zero-order valence-electron chi connectivity index (χ0n) is 50.5. The number of rotatable bonds is 63. The zero-order valence-corrected chi connectivity index (χ0v) is 50.5. The van der Waals surface area contributed by atoms with Gasteiger partial charge in [0.25, 0.3) is 0 Å². The highest BCUT2D eigenvalue weighted by atomic mass is 16.5. The number of esters is 1. The first-order valence-electron chi connectivity index (χ1n) is 33.8. The van der Waals surface area contributed by atoms with E-state index in [1.807, 2.05) is 6.08 Å². The molecule has 3 N–H and O–H groups in total. The minimum absolute atomic E-state index is 0.00642. The maximum Gasteiger partial charge on any atom is 0.305 e. The summed E-state index contributed by atoms with van der Waals surface area (Å²) in [5.74, 6) is -0.0569. The molecule has 0 aromatic rings. The molecule has 0 unspecified atom stereocenters. The van der Waals surface area contributed by atoms with Crippen LogP contribution in [-0.4, -0.2) is 47.4 Å². The summed E-state index contributed by atoms with van der Waals surface area (Å²) >= 11 is 0. The number of carbonyl (C=O) groups is 2. The molecule has 0 saturated carbocycles. The molecule has 6 nitrogen and oxygen atoms in total. The normalized spacial score (nSPS) is 12.7. The smallest absolute Gasteiger partial charge is 0.305 e. The van der Waals surface area contributed by atoms with Gasteiger partial charge in [0, 0.05) is 12.8 Å². The van der Waals surface area contributed by atoms with Crippen molar-refractivity contribution in [3.05, 3.63) is 36.5 Å². The van der Waals surface area contributed by atoms with Crippen LogP contribution >= 0.6 is 0 Å². The molecule has 0 heterocycles. The summed E-state index contributed by atoms with van der Waals surface area (Å²) in [7, 11) is 0. The SMILES string of the molecule is CCCCC/C=C\C/C=C\CCCCCCCC(=O)OCCCCCCCCCCCCCCCCCCCCCCCCCCCCCCCCCC(=O)N[C@@H](CO)[C@H](O)/C=C/CCCCCCCCCCCC. The standard InChI is InChI=1S/C69H131NO5/c1-3-5-7-9-11-13-15-17-35-39-43-47-51-55-59-63-69(74)75-64-60-56-52-48-44-40-37-34-32-30-28-26-24-22-20-18-19-21-23-25-27-29-31-33-36-38-42-46-50-54-58-62-68(73)70-66(65-71)67(72)61-57-53-49-45-41-16-14-12-10-8-6-4-2/h11,13,17,35,57,61,66-67,71-72H,3-10,12,14-16,18-34,36-56,58-60,62-65H2,1-2H3,(H,70,73)/b13-11-,35-17-,61-57+/t66-,67+/m0/s1. The Kier molecular flexibility index (Phi) is 63.0. The maximum absolute atomic E-state index is 12.4. The highest BCUT2D eigenvalue weighted by molar-refractivity contribution is 5.76. The largest absolute Gasteiger partial charge is 0.466 e. The van der Waals surface area contributed by atoms with E-state index in [1.165, 1.54) is 289 Å². The molecule has 0 fully saturated rings. The first-order valence-corrected chi connectivity index (χ1v) is 33.8. The minimum atomic E-state index is -0.840. The Bertz CT molecular complexity index is 1210. The number of aliphatic hydroxyl groups excluding tert-OH is 2. The summed E-state index contributed by atoms with van der Waals surface area (Å²) in [5, 5.41) is 23.1. The Morgan fingerprint density at radius 1 is 0.373 bits per heavy atom. The molecule has 6 heteroatoms. The Balaban J connectivity index is 3.33. The van der Waals surface area contributed by atoms with Crippen LogP contribution in [0.3, 0.4) is 0 Å². The second kappa shape index (κ2) is 64.6. The topological polar surface area (TPSA) is 95.9 Å². The molecular formula is C69H131NO5. The van der Waals surface area contributed by atoms with E-state index in [0.717, 1.165) is 51.4 Å². The first-order chi connectivity index (χ1) is 37.0. The van der Waals surface area contributed by atoms with Crippen LogP contribution in [0.15, 0.2) is 36.5 Å². The molecule has 0 rings (SSSR count). The van der Waals surface area contributed by atoms with E-state index in [2.05, 4.69) is 43.5 Å². The van der Waals surface area contributed by atoms with Crippen LogP contribution in [0.1, 0.15) is 367 Å². The predicted octanol–water partition coefficient (Wildman–Crippen LogP) is 21.5. The Morgan fingerprint density at radius 3 is 1.04 bits per heavy atom. The number of hydrogen-bond acceptors (Lipinski definition) is 5. The average Bonchev–Trinajstić information content (AvgIpc) is 3.41. The van der Waals surface area contributed by atoms with Crippen LogP contribution in [0.25, 0.3) is 0 Å². The van der Waals surface area contributed by atoms with E-state index in [9.17, 15) is 19.8 Å². The summed E-state index contributed by atoms with van der Waals surface area (Å²) in [6.07, 6.45) is 82.2. The van der Waals surface area contributed by atoms with Gasteiger partial charge >= 0.3 is 5.97 Å². The predicted molar refractivity (Wildman–Crippen MR) is 329 cm³/mol. The van der Waals surface area contributed by atoms with Crippen molar-refractivity contribution in [1.29, 1.82) is 0 Å². The maximum atomic E-state index is 12.4. The van der Waals surface area contributed by atoms with Gasteiger partial charge < -0.3 is 20.3 Å². The summed E-state index contributed by atoms with van der Waals surface area (Å²) < 4.78 is 5.49. The Hall–Kier alpha value is -1.92. The summed E-state index contributed by atoms with van der Waals surface area (Å²) in [6.45, 7) is 4.88. The molecule has 0 radical (unpaired) electrons. The molecule has 1 amide bonds. The molecule has 0 aromatic heterocycles. The Labute approximate surface area is 468 Å². The van der Waals surface area contributed by atoms with Gasteiger partial charge in [-0.05, 0) is 64.2 Å². The third kappa shape index (κ3) is 61.2. The van der Waals surface area contributed by atoms with Crippen molar-refractivity contribution in [1.82, 2.24) is 5.32 Å². The quantitative estimate of drug-likeness (QED) is 0.0320. The lowest BCUT2D eigenvalue weighted by molar-refractivity contribution is -0.143. The van der Waals surface area contributed by atoms with Gasteiger partial charge in [-0.3, -0.25) is 9.59 Å². The van der Waals surface area contributed by atoms with Crippen LogP contribution in [0, 0.1) is 0 Å². The van der Waals surface area contributed by atoms with Crippen molar-refractivity contribution in [2.75, 3.05) is 13.2 Å². The zero-order chi connectivity index (χ0) is 54.3. The molecule has 0 aliphatic heterocycles. The lowest BCUT2D eigenvalue weighted by atomic mass is 10.0. The number of unbranched alkanes of at least 4 members (excludes halogenated alkanes) is 48. The molecule has 75 heavy (non-hydrogen) atoms. The van der Waals surface area contributed by atoms with Crippen molar-refractivity contribution in [3.8, 4) is 0 Å². The van der Waals surface area contributed by atoms with Crippen molar-refractivity contribution in [2.45, 2.75) is 379 Å². The van der Waals surface area contributed by atoms with Gasteiger partial charge in [-0.2, -0.15) is 0 Å². The van der Waals surface area contributed by atoms with Gasteiger partial charge in [0.15, 0.2) is 0 Å². The van der Waals surface area contributed by atoms with Crippen LogP contribution in [0.5, 0.6) is 0 Å². The van der Waals surface area contributed by atoms with Gasteiger partial charge in [-0.15, -0.1) is 0 Å². The molecule has 0 aromatic carbocycles. The van der Waals surface area contributed by atoms with Crippen LogP contribution in [0.2, 0.25) is 0 Å².